The predicted octanol–water partition coefficient (Wildman–Crippen LogP) is 2.08. The smallest absolute Gasteiger partial charge is 0.122 e. The van der Waals surface area contributed by atoms with E-state index >= 15 is 0 Å². The number of aromatic nitrogens is 2. The molecule has 4 nitrogen and oxygen atoms in total. The third-order valence-electron chi connectivity index (χ3n) is 3.06. The fraction of sp³-hybridized carbons (Fsp3) is 0.462. The van der Waals surface area contributed by atoms with E-state index in [1.54, 1.807) is 6.26 Å². The Morgan fingerprint density at radius 1 is 1.53 bits per heavy atom. The van der Waals surface area contributed by atoms with Gasteiger partial charge in [0, 0.05) is 17.8 Å². The van der Waals surface area contributed by atoms with Gasteiger partial charge in [-0.2, -0.15) is 5.10 Å². The molecule has 1 fully saturated rings. The zero-order valence-electron chi connectivity index (χ0n) is 10.0. The van der Waals surface area contributed by atoms with Crippen LogP contribution in [-0.4, -0.2) is 15.8 Å². The van der Waals surface area contributed by atoms with E-state index in [1.807, 2.05) is 23.1 Å². The van der Waals surface area contributed by atoms with Gasteiger partial charge in [-0.25, -0.2) is 0 Å². The molecular weight excluding hydrogens is 214 g/mol. The Balaban J connectivity index is 1.67. The molecule has 2 aromatic rings. The van der Waals surface area contributed by atoms with Crippen LogP contribution in [0.1, 0.15) is 29.7 Å². The molecule has 2 aromatic heterocycles. The minimum atomic E-state index is 0.708. The van der Waals surface area contributed by atoms with Gasteiger partial charge in [0.25, 0.3) is 0 Å². The maximum absolute atomic E-state index is 5.52. The number of nitrogens with zero attached hydrogens (tertiary/aromatic N) is 2. The van der Waals surface area contributed by atoms with E-state index in [0.29, 0.717) is 6.04 Å². The van der Waals surface area contributed by atoms with E-state index in [9.17, 15) is 0 Å². The monoisotopic (exact) mass is 231 g/mol. The van der Waals surface area contributed by atoms with Gasteiger partial charge in [0.2, 0.25) is 0 Å². The highest BCUT2D eigenvalue weighted by Gasteiger charge is 2.21. The van der Waals surface area contributed by atoms with E-state index in [4.69, 9.17) is 4.42 Å². The summed E-state index contributed by atoms with van der Waals surface area (Å²) in [7, 11) is 0. The van der Waals surface area contributed by atoms with Crippen LogP contribution in [0.4, 0.5) is 0 Å². The Bertz CT molecular complexity index is 496. The molecule has 1 N–H and O–H groups in total. The van der Waals surface area contributed by atoms with Crippen molar-refractivity contribution < 1.29 is 4.42 Å². The number of hydrogen-bond acceptors (Lipinski definition) is 3. The average Bonchev–Trinajstić information content (AvgIpc) is 2.90. The molecule has 0 amide bonds. The molecule has 0 aliphatic heterocycles. The van der Waals surface area contributed by atoms with Gasteiger partial charge in [-0.3, -0.25) is 4.68 Å². The van der Waals surface area contributed by atoms with Crippen LogP contribution in [0.25, 0.3) is 0 Å². The SMILES string of the molecule is Cc1cnn(Cc2ccoc2CNC2CC2)c1. The van der Waals surface area contributed by atoms with E-state index in [1.165, 1.54) is 24.0 Å². The Hall–Kier alpha value is -1.55. The second-order valence-electron chi connectivity index (χ2n) is 4.74. The van der Waals surface area contributed by atoms with Gasteiger partial charge in [-0.05, 0) is 31.4 Å². The van der Waals surface area contributed by atoms with E-state index < -0.39 is 0 Å². The molecule has 1 aliphatic rings. The van der Waals surface area contributed by atoms with Gasteiger partial charge in [-0.15, -0.1) is 0 Å². The third-order valence-corrected chi connectivity index (χ3v) is 3.06. The molecule has 90 valence electrons. The summed E-state index contributed by atoms with van der Waals surface area (Å²) in [5.74, 6) is 1.03. The minimum absolute atomic E-state index is 0.708. The molecule has 17 heavy (non-hydrogen) atoms. The maximum Gasteiger partial charge on any atom is 0.122 e. The van der Waals surface area contributed by atoms with Gasteiger partial charge in [-0.1, -0.05) is 0 Å². The molecule has 0 atom stereocenters. The van der Waals surface area contributed by atoms with E-state index in [0.717, 1.165) is 18.8 Å². The fourth-order valence-corrected chi connectivity index (χ4v) is 1.92. The number of furan rings is 1. The van der Waals surface area contributed by atoms with Crippen LogP contribution in [0.15, 0.2) is 29.1 Å². The molecule has 4 heteroatoms. The molecule has 0 unspecified atom stereocenters. The summed E-state index contributed by atoms with van der Waals surface area (Å²) in [6.07, 6.45) is 8.28. The zero-order chi connectivity index (χ0) is 11.7. The molecule has 1 aliphatic carbocycles. The summed E-state index contributed by atoms with van der Waals surface area (Å²) in [6, 6.07) is 2.74. The van der Waals surface area contributed by atoms with Crippen molar-refractivity contribution >= 4 is 0 Å². The Labute approximate surface area is 101 Å². The topological polar surface area (TPSA) is 43.0 Å². The average molecular weight is 231 g/mol. The van der Waals surface area contributed by atoms with Gasteiger partial charge in [0.1, 0.15) is 5.76 Å². The molecule has 3 rings (SSSR count). The normalized spacial score (nSPS) is 15.4. The first kappa shape index (κ1) is 10.6. The van der Waals surface area contributed by atoms with Crippen molar-refractivity contribution in [2.45, 2.75) is 38.9 Å². The third kappa shape index (κ3) is 2.58. The molecule has 1 saturated carbocycles. The Morgan fingerprint density at radius 2 is 2.41 bits per heavy atom. The van der Waals surface area contributed by atoms with Gasteiger partial charge in [0.05, 0.1) is 25.5 Å². The standard InChI is InChI=1S/C13H17N3O/c1-10-6-15-16(8-10)9-11-4-5-17-13(11)7-14-12-2-3-12/h4-6,8,12,14H,2-3,7,9H2,1H3. The molecule has 0 bridgehead atoms. The Kier molecular flexibility index (Phi) is 2.73. The van der Waals surface area contributed by atoms with Crippen LogP contribution in [0.3, 0.4) is 0 Å². The van der Waals surface area contributed by atoms with Crippen molar-refractivity contribution in [3.8, 4) is 0 Å². The first-order valence-electron chi connectivity index (χ1n) is 6.09. The first-order chi connectivity index (χ1) is 8.31. The highest BCUT2D eigenvalue weighted by Crippen LogP contribution is 2.20. The molecule has 0 spiro atoms. The number of rotatable bonds is 5. The van der Waals surface area contributed by atoms with Crippen molar-refractivity contribution in [1.29, 1.82) is 0 Å². The fourth-order valence-electron chi connectivity index (χ4n) is 1.92. The van der Waals surface area contributed by atoms with Gasteiger partial charge >= 0.3 is 0 Å². The first-order valence-corrected chi connectivity index (χ1v) is 6.09. The summed E-state index contributed by atoms with van der Waals surface area (Å²) in [5.41, 5.74) is 2.40. The molecular formula is C13H17N3O. The zero-order valence-corrected chi connectivity index (χ0v) is 10.0. The number of nitrogens with one attached hydrogen (secondary N) is 1. The highest BCUT2D eigenvalue weighted by atomic mass is 16.3. The Morgan fingerprint density at radius 3 is 3.12 bits per heavy atom. The predicted molar refractivity (Wildman–Crippen MR) is 64.6 cm³/mol. The summed E-state index contributed by atoms with van der Waals surface area (Å²) >= 11 is 0. The molecule has 0 aromatic carbocycles. The lowest BCUT2D eigenvalue weighted by molar-refractivity contribution is 0.474. The maximum atomic E-state index is 5.52. The van der Waals surface area contributed by atoms with Crippen LogP contribution < -0.4 is 5.32 Å². The van der Waals surface area contributed by atoms with Crippen molar-refractivity contribution in [1.82, 2.24) is 15.1 Å². The van der Waals surface area contributed by atoms with Crippen LogP contribution in [0.5, 0.6) is 0 Å². The van der Waals surface area contributed by atoms with E-state index in [2.05, 4.69) is 17.3 Å². The lowest BCUT2D eigenvalue weighted by Gasteiger charge is -2.04. The molecule has 2 heterocycles. The second-order valence-corrected chi connectivity index (χ2v) is 4.74. The summed E-state index contributed by atoms with van der Waals surface area (Å²) < 4.78 is 7.46. The van der Waals surface area contributed by atoms with Crippen molar-refractivity contribution in [2.24, 2.45) is 0 Å². The number of hydrogen-bond donors (Lipinski definition) is 1. The van der Waals surface area contributed by atoms with Gasteiger partial charge in [0.15, 0.2) is 0 Å². The summed E-state index contributed by atoms with van der Waals surface area (Å²) in [6.45, 7) is 3.66. The highest BCUT2D eigenvalue weighted by molar-refractivity contribution is 5.18. The molecule has 0 radical (unpaired) electrons. The lowest BCUT2D eigenvalue weighted by Crippen LogP contribution is -2.16. The number of aryl methyl sites for hydroxylation is 1. The van der Waals surface area contributed by atoms with E-state index in [-0.39, 0.29) is 0 Å². The summed E-state index contributed by atoms with van der Waals surface area (Å²) in [5, 5.41) is 7.76. The molecule has 0 saturated heterocycles. The van der Waals surface area contributed by atoms with Crippen LogP contribution in [0.2, 0.25) is 0 Å². The largest absolute Gasteiger partial charge is 0.468 e. The van der Waals surface area contributed by atoms with Gasteiger partial charge < -0.3 is 9.73 Å². The van der Waals surface area contributed by atoms with Crippen LogP contribution >= 0.6 is 0 Å². The van der Waals surface area contributed by atoms with Crippen molar-refractivity contribution in [2.75, 3.05) is 0 Å². The second kappa shape index (κ2) is 4.37. The van der Waals surface area contributed by atoms with Crippen LogP contribution in [0, 0.1) is 6.92 Å². The quantitative estimate of drug-likeness (QED) is 0.856. The summed E-state index contributed by atoms with van der Waals surface area (Å²) in [4.78, 5) is 0. The van der Waals surface area contributed by atoms with Crippen LogP contribution in [-0.2, 0) is 13.1 Å². The minimum Gasteiger partial charge on any atom is -0.468 e. The van der Waals surface area contributed by atoms with Crippen molar-refractivity contribution in [3.63, 3.8) is 0 Å². The lowest BCUT2D eigenvalue weighted by atomic mass is 10.2. The van der Waals surface area contributed by atoms with Crippen molar-refractivity contribution in [3.05, 3.63) is 41.6 Å².